The summed E-state index contributed by atoms with van der Waals surface area (Å²) in [6, 6.07) is 30.2. The lowest BCUT2D eigenvalue weighted by atomic mass is 9.70. The second kappa shape index (κ2) is 13.4. The second-order valence-electron chi connectivity index (χ2n) is 11.7. The van der Waals surface area contributed by atoms with Crippen LogP contribution in [0.15, 0.2) is 91.0 Å². The van der Waals surface area contributed by atoms with Crippen LogP contribution < -0.4 is 0 Å². The molecule has 0 aromatic heterocycles. The van der Waals surface area contributed by atoms with Crippen molar-refractivity contribution in [1.29, 1.82) is 0 Å². The number of hydrogen-bond acceptors (Lipinski definition) is 6. The van der Waals surface area contributed by atoms with Crippen molar-refractivity contribution >= 4 is 5.78 Å². The number of carbonyl (C=O) groups excluding carboxylic acids is 1. The standard InChI is InChI=1S/C35H42O6/c1-24(2)35(4)31(25(3)36)30-33(39-22-28-18-12-7-13-19-28)32(38-21-27-16-10-6-11-17-27)29(40-34(30)41-35)23-37-20-26-14-8-5-9-15-26/h5-19,24,29-34H,20-23H2,1-4H3/t29-,30?,31+,32+,33-,34?,35-/m1/s1. The summed E-state index contributed by atoms with van der Waals surface area (Å²) in [5.41, 5.74) is 2.50. The number of rotatable bonds is 12. The molecule has 2 aliphatic rings. The van der Waals surface area contributed by atoms with Crippen molar-refractivity contribution in [3.8, 4) is 0 Å². The van der Waals surface area contributed by atoms with Gasteiger partial charge in [0.2, 0.25) is 0 Å². The van der Waals surface area contributed by atoms with Crippen LogP contribution in [0.25, 0.3) is 0 Å². The molecule has 6 heteroatoms. The Morgan fingerprint density at radius 2 is 1.27 bits per heavy atom. The Balaban J connectivity index is 1.46. The molecule has 2 saturated heterocycles. The average Bonchev–Trinajstić information content (AvgIpc) is 3.30. The van der Waals surface area contributed by atoms with E-state index in [1.54, 1.807) is 6.92 Å². The van der Waals surface area contributed by atoms with Gasteiger partial charge in [-0.15, -0.1) is 0 Å². The lowest BCUT2D eigenvalue weighted by Crippen LogP contribution is -2.58. The predicted molar refractivity (Wildman–Crippen MR) is 157 cm³/mol. The van der Waals surface area contributed by atoms with E-state index in [0.717, 1.165) is 16.7 Å². The van der Waals surface area contributed by atoms with E-state index in [-0.39, 0.29) is 17.6 Å². The molecule has 0 saturated carbocycles. The quantitative estimate of drug-likeness (QED) is 0.258. The van der Waals surface area contributed by atoms with E-state index in [1.165, 1.54) is 0 Å². The van der Waals surface area contributed by atoms with Gasteiger partial charge < -0.3 is 23.7 Å². The number of benzene rings is 3. The van der Waals surface area contributed by atoms with Crippen molar-refractivity contribution in [2.75, 3.05) is 6.61 Å². The van der Waals surface area contributed by atoms with Gasteiger partial charge in [-0.25, -0.2) is 0 Å². The molecule has 2 unspecified atom stereocenters. The van der Waals surface area contributed by atoms with Crippen molar-refractivity contribution in [1.82, 2.24) is 0 Å². The van der Waals surface area contributed by atoms with Gasteiger partial charge in [-0.2, -0.15) is 0 Å². The van der Waals surface area contributed by atoms with Crippen molar-refractivity contribution < 1.29 is 28.5 Å². The molecule has 3 aromatic carbocycles. The number of Topliss-reactive ketones (excluding diaryl/α,β-unsaturated/α-hetero) is 1. The van der Waals surface area contributed by atoms with Gasteiger partial charge in [0.05, 0.1) is 50.0 Å². The van der Waals surface area contributed by atoms with Crippen LogP contribution in [-0.4, -0.2) is 42.6 Å². The smallest absolute Gasteiger partial charge is 0.165 e. The maximum atomic E-state index is 13.3. The molecule has 7 atom stereocenters. The number of ether oxygens (including phenoxy) is 5. The Morgan fingerprint density at radius 1 is 0.780 bits per heavy atom. The lowest BCUT2D eigenvalue weighted by Gasteiger charge is -2.44. The number of carbonyl (C=O) groups is 1. The van der Waals surface area contributed by atoms with Crippen LogP contribution in [0.1, 0.15) is 44.4 Å². The SMILES string of the molecule is CC(=O)[C@H]1C2C(O[C@H](COCc3ccccc3)[C@H](OCc3ccccc3)[C@@H]2OCc2ccccc2)O[C@]1(C)C(C)C. The van der Waals surface area contributed by atoms with E-state index in [4.69, 9.17) is 23.7 Å². The van der Waals surface area contributed by atoms with Crippen LogP contribution in [-0.2, 0) is 48.3 Å². The maximum Gasteiger partial charge on any atom is 0.165 e. The van der Waals surface area contributed by atoms with Gasteiger partial charge in [0, 0.05) is 0 Å². The zero-order valence-electron chi connectivity index (χ0n) is 24.5. The first kappa shape index (κ1) is 29.6. The summed E-state index contributed by atoms with van der Waals surface area (Å²) >= 11 is 0. The molecule has 0 amide bonds. The fraction of sp³-hybridized carbons (Fsp3) is 0.457. The summed E-state index contributed by atoms with van der Waals surface area (Å²) in [7, 11) is 0. The topological polar surface area (TPSA) is 63.2 Å². The highest BCUT2D eigenvalue weighted by atomic mass is 16.7. The molecular formula is C35H42O6. The minimum absolute atomic E-state index is 0.0752. The summed E-state index contributed by atoms with van der Waals surface area (Å²) in [6.45, 7) is 9.40. The molecule has 41 heavy (non-hydrogen) atoms. The Bertz CT molecular complexity index is 1230. The molecule has 2 heterocycles. The highest BCUT2D eigenvalue weighted by Crippen LogP contribution is 2.51. The van der Waals surface area contributed by atoms with Crippen LogP contribution >= 0.6 is 0 Å². The predicted octanol–water partition coefficient (Wildman–Crippen LogP) is 6.37. The number of ketones is 1. The lowest BCUT2D eigenvalue weighted by molar-refractivity contribution is -0.294. The number of hydrogen-bond donors (Lipinski definition) is 0. The third-order valence-corrected chi connectivity index (χ3v) is 8.61. The molecule has 0 N–H and O–H groups in total. The Kier molecular flexibility index (Phi) is 9.68. The minimum Gasteiger partial charge on any atom is -0.374 e. The zero-order valence-corrected chi connectivity index (χ0v) is 24.5. The fourth-order valence-corrected chi connectivity index (χ4v) is 6.20. The average molecular weight is 559 g/mol. The first-order chi connectivity index (χ1) is 19.9. The van der Waals surface area contributed by atoms with E-state index in [2.05, 4.69) is 13.8 Å². The molecule has 0 radical (unpaired) electrons. The van der Waals surface area contributed by atoms with Crippen molar-refractivity contribution in [3.63, 3.8) is 0 Å². The summed E-state index contributed by atoms with van der Waals surface area (Å²) < 4.78 is 32.9. The molecule has 218 valence electrons. The van der Waals surface area contributed by atoms with Gasteiger partial charge in [-0.1, -0.05) is 105 Å². The third-order valence-electron chi connectivity index (χ3n) is 8.61. The van der Waals surface area contributed by atoms with Gasteiger partial charge in [-0.05, 0) is 36.5 Å². The van der Waals surface area contributed by atoms with E-state index >= 15 is 0 Å². The van der Waals surface area contributed by atoms with E-state index in [0.29, 0.717) is 26.4 Å². The first-order valence-electron chi connectivity index (χ1n) is 14.6. The van der Waals surface area contributed by atoms with Crippen LogP contribution in [0.5, 0.6) is 0 Å². The molecule has 2 aliphatic heterocycles. The fourth-order valence-electron chi connectivity index (χ4n) is 6.20. The molecule has 2 fully saturated rings. The van der Waals surface area contributed by atoms with E-state index < -0.39 is 36.1 Å². The van der Waals surface area contributed by atoms with Gasteiger partial charge in [-0.3, -0.25) is 4.79 Å². The second-order valence-corrected chi connectivity index (χ2v) is 11.7. The highest BCUT2D eigenvalue weighted by molar-refractivity contribution is 5.80. The Hall–Kier alpha value is -2.87. The first-order valence-corrected chi connectivity index (χ1v) is 14.6. The summed E-state index contributed by atoms with van der Waals surface area (Å²) in [6.07, 6.45) is -1.99. The van der Waals surface area contributed by atoms with E-state index in [9.17, 15) is 4.79 Å². The molecule has 5 rings (SSSR count). The van der Waals surface area contributed by atoms with E-state index in [1.807, 2.05) is 97.9 Å². The van der Waals surface area contributed by atoms with Crippen LogP contribution in [0, 0.1) is 17.8 Å². The monoisotopic (exact) mass is 558 g/mol. The Morgan fingerprint density at radius 3 is 1.76 bits per heavy atom. The largest absolute Gasteiger partial charge is 0.374 e. The van der Waals surface area contributed by atoms with Crippen molar-refractivity contribution in [2.45, 2.75) is 77.7 Å². The van der Waals surface area contributed by atoms with Gasteiger partial charge in [0.25, 0.3) is 0 Å². The molecule has 6 nitrogen and oxygen atoms in total. The van der Waals surface area contributed by atoms with Gasteiger partial charge in [0.15, 0.2) is 6.29 Å². The number of fused-ring (bicyclic) bond motifs is 1. The third kappa shape index (κ3) is 6.79. The van der Waals surface area contributed by atoms with Crippen LogP contribution in [0.3, 0.4) is 0 Å². The minimum atomic E-state index is -0.695. The molecule has 0 spiro atoms. The molecular weight excluding hydrogens is 516 g/mol. The van der Waals surface area contributed by atoms with Crippen molar-refractivity contribution in [2.24, 2.45) is 17.8 Å². The normalized spacial score (nSPS) is 29.4. The summed E-state index contributed by atoms with van der Waals surface area (Å²) in [5, 5.41) is 0. The summed E-state index contributed by atoms with van der Waals surface area (Å²) in [5.74, 6) is -0.555. The van der Waals surface area contributed by atoms with Crippen LogP contribution in [0.2, 0.25) is 0 Å². The maximum absolute atomic E-state index is 13.3. The van der Waals surface area contributed by atoms with Gasteiger partial charge in [0.1, 0.15) is 18.0 Å². The molecule has 0 bridgehead atoms. The van der Waals surface area contributed by atoms with Crippen LogP contribution in [0.4, 0.5) is 0 Å². The van der Waals surface area contributed by atoms with Crippen molar-refractivity contribution in [3.05, 3.63) is 108 Å². The molecule has 3 aromatic rings. The van der Waals surface area contributed by atoms with Gasteiger partial charge >= 0.3 is 0 Å². The Labute approximate surface area is 243 Å². The zero-order chi connectivity index (χ0) is 28.8. The summed E-state index contributed by atoms with van der Waals surface area (Å²) in [4.78, 5) is 13.3. The molecule has 0 aliphatic carbocycles. The highest BCUT2D eigenvalue weighted by Gasteiger charge is 2.63.